The standard InChI is InChI=1S/C15H21NO3/c1-2-3-5-10-14(17)11-16-15(18)19-12-13-8-6-4-7-9-13/h3-9,14,17H,2,10-12H2,1H3,(H,16,18)/b5-3+/t14-/m1/s1. The molecule has 0 aromatic heterocycles. The zero-order valence-electron chi connectivity index (χ0n) is 11.2. The van der Waals surface area contributed by atoms with Crippen molar-refractivity contribution in [1.82, 2.24) is 5.32 Å². The van der Waals surface area contributed by atoms with Crippen molar-refractivity contribution in [3.63, 3.8) is 0 Å². The Balaban J connectivity index is 2.16. The minimum atomic E-state index is -0.577. The first-order valence-corrected chi connectivity index (χ1v) is 6.50. The van der Waals surface area contributed by atoms with Gasteiger partial charge in [0.15, 0.2) is 0 Å². The number of hydrogen-bond donors (Lipinski definition) is 2. The number of carbonyl (C=O) groups excluding carboxylic acids is 1. The van der Waals surface area contributed by atoms with Gasteiger partial charge in [-0.25, -0.2) is 4.79 Å². The summed E-state index contributed by atoms with van der Waals surface area (Å²) in [6, 6.07) is 9.46. The molecule has 0 bridgehead atoms. The van der Waals surface area contributed by atoms with Gasteiger partial charge < -0.3 is 15.2 Å². The van der Waals surface area contributed by atoms with Crippen LogP contribution in [0.4, 0.5) is 4.79 Å². The minimum absolute atomic E-state index is 0.196. The van der Waals surface area contributed by atoms with Gasteiger partial charge >= 0.3 is 6.09 Å². The number of amides is 1. The van der Waals surface area contributed by atoms with Crippen LogP contribution in [-0.4, -0.2) is 23.8 Å². The number of allylic oxidation sites excluding steroid dienone is 1. The molecule has 0 heterocycles. The highest BCUT2D eigenvalue weighted by Gasteiger charge is 2.06. The molecule has 1 amide bonds. The van der Waals surface area contributed by atoms with E-state index in [-0.39, 0.29) is 13.2 Å². The SMILES string of the molecule is CC/C=C/C[C@@H](O)CNC(=O)OCc1ccccc1. The Morgan fingerprint density at radius 3 is 2.79 bits per heavy atom. The molecule has 1 rings (SSSR count). The molecule has 0 saturated carbocycles. The van der Waals surface area contributed by atoms with Crippen LogP contribution in [0.3, 0.4) is 0 Å². The van der Waals surface area contributed by atoms with E-state index >= 15 is 0 Å². The van der Waals surface area contributed by atoms with Crippen molar-refractivity contribution in [2.24, 2.45) is 0 Å². The number of alkyl carbamates (subject to hydrolysis) is 1. The molecule has 1 aromatic carbocycles. The number of benzene rings is 1. The van der Waals surface area contributed by atoms with E-state index in [9.17, 15) is 9.90 Å². The molecule has 0 fully saturated rings. The minimum Gasteiger partial charge on any atom is -0.445 e. The molecular weight excluding hydrogens is 242 g/mol. The molecule has 104 valence electrons. The summed E-state index contributed by atoms with van der Waals surface area (Å²) in [5.74, 6) is 0. The smallest absolute Gasteiger partial charge is 0.407 e. The fourth-order valence-electron chi connectivity index (χ4n) is 1.48. The van der Waals surface area contributed by atoms with E-state index in [1.165, 1.54) is 0 Å². The Labute approximate surface area is 114 Å². The largest absolute Gasteiger partial charge is 0.445 e. The Morgan fingerprint density at radius 1 is 1.37 bits per heavy atom. The van der Waals surface area contributed by atoms with Crippen LogP contribution < -0.4 is 5.32 Å². The molecule has 4 nitrogen and oxygen atoms in total. The number of carbonyl (C=O) groups is 1. The van der Waals surface area contributed by atoms with Crippen molar-refractivity contribution < 1.29 is 14.6 Å². The molecule has 0 aliphatic rings. The summed E-state index contributed by atoms with van der Waals surface area (Å²) in [6.45, 7) is 2.46. The monoisotopic (exact) mass is 263 g/mol. The van der Waals surface area contributed by atoms with Crippen molar-refractivity contribution in [3.8, 4) is 0 Å². The first-order valence-electron chi connectivity index (χ1n) is 6.50. The van der Waals surface area contributed by atoms with Crippen molar-refractivity contribution in [3.05, 3.63) is 48.0 Å². The Hall–Kier alpha value is -1.81. The molecule has 0 aliphatic carbocycles. The average Bonchev–Trinajstić information content (AvgIpc) is 2.44. The summed E-state index contributed by atoms with van der Waals surface area (Å²) in [6.07, 6.45) is 4.28. The molecule has 0 unspecified atom stereocenters. The normalized spacial score (nSPS) is 12.3. The fourth-order valence-corrected chi connectivity index (χ4v) is 1.48. The fraction of sp³-hybridized carbons (Fsp3) is 0.400. The van der Waals surface area contributed by atoms with Gasteiger partial charge in [-0.1, -0.05) is 49.4 Å². The van der Waals surface area contributed by atoms with E-state index in [2.05, 4.69) is 5.32 Å². The van der Waals surface area contributed by atoms with E-state index in [4.69, 9.17) is 4.74 Å². The van der Waals surface area contributed by atoms with Gasteiger partial charge in [-0.05, 0) is 18.4 Å². The van der Waals surface area contributed by atoms with Crippen LogP contribution in [0, 0.1) is 0 Å². The van der Waals surface area contributed by atoms with Crippen LogP contribution in [0.2, 0.25) is 0 Å². The third kappa shape index (κ3) is 7.26. The van der Waals surface area contributed by atoms with Crippen LogP contribution in [0.1, 0.15) is 25.3 Å². The lowest BCUT2D eigenvalue weighted by atomic mass is 10.2. The van der Waals surface area contributed by atoms with Gasteiger partial charge in [-0.3, -0.25) is 0 Å². The number of hydrogen-bond acceptors (Lipinski definition) is 3. The lowest BCUT2D eigenvalue weighted by molar-refractivity contribution is 0.126. The van der Waals surface area contributed by atoms with Gasteiger partial charge in [-0.15, -0.1) is 0 Å². The maximum Gasteiger partial charge on any atom is 0.407 e. The molecular formula is C15H21NO3. The average molecular weight is 263 g/mol. The summed E-state index contributed by atoms with van der Waals surface area (Å²) >= 11 is 0. The second-order valence-corrected chi connectivity index (χ2v) is 4.21. The highest BCUT2D eigenvalue weighted by molar-refractivity contribution is 5.67. The molecule has 0 spiro atoms. The van der Waals surface area contributed by atoms with Crippen molar-refractivity contribution in [2.75, 3.05) is 6.54 Å². The molecule has 0 radical (unpaired) electrons. The van der Waals surface area contributed by atoms with E-state index in [1.54, 1.807) is 0 Å². The quantitative estimate of drug-likeness (QED) is 0.743. The highest BCUT2D eigenvalue weighted by Crippen LogP contribution is 2.00. The van der Waals surface area contributed by atoms with Gasteiger partial charge in [0.2, 0.25) is 0 Å². The molecule has 4 heteroatoms. The second-order valence-electron chi connectivity index (χ2n) is 4.21. The summed E-state index contributed by atoms with van der Waals surface area (Å²) in [4.78, 5) is 11.4. The van der Waals surface area contributed by atoms with Gasteiger partial charge in [0.25, 0.3) is 0 Å². The summed E-state index contributed by atoms with van der Waals surface area (Å²) in [5, 5.41) is 12.1. The molecule has 1 atom stereocenters. The number of rotatable bonds is 7. The first-order chi connectivity index (χ1) is 9.22. The summed E-state index contributed by atoms with van der Waals surface area (Å²) in [7, 11) is 0. The molecule has 0 aliphatic heterocycles. The number of nitrogens with one attached hydrogen (secondary N) is 1. The third-order valence-corrected chi connectivity index (χ3v) is 2.51. The summed E-state index contributed by atoms with van der Waals surface area (Å²) < 4.78 is 5.02. The van der Waals surface area contributed by atoms with Crippen LogP contribution in [0.15, 0.2) is 42.5 Å². The van der Waals surface area contributed by atoms with Crippen LogP contribution in [0.5, 0.6) is 0 Å². The molecule has 19 heavy (non-hydrogen) atoms. The maximum atomic E-state index is 11.4. The highest BCUT2D eigenvalue weighted by atomic mass is 16.5. The molecule has 1 aromatic rings. The zero-order valence-corrected chi connectivity index (χ0v) is 11.2. The third-order valence-electron chi connectivity index (χ3n) is 2.51. The van der Waals surface area contributed by atoms with Crippen molar-refractivity contribution in [1.29, 1.82) is 0 Å². The Kier molecular flexibility index (Phi) is 7.35. The number of ether oxygens (including phenoxy) is 1. The van der Waals surface area contributed by atoms with Gasteiger partial charge in [0, 0.05) is 6.54 Å². The zero-order chi connectivity index (χ0) is 13.9. The predicted octanol–water partition coefficient (Wildman–Crippen LogP) is 2.63. The summed E-state index contributed by atoms with van der Waals surface area (Å²) in [5.41, 5.74) is 0.934. The van der Waals surface area contributed by atoms with Crippen molar-refractivity contribution in [2.45, 2.75) is 32.5 Å². The Bertz CT molecular complexity index is 390. The van der Waals surface area contributed by atoms with Crippen LogP contribution in [0.25, 0.3) is 0 Å². The maximum absolute atomic E-state index is 11.4. The van der Waals surface area contributed by atoms with E-state index in [1.807, 2.05) is 49.4 Å². The van der Waals surface area contributed by atoms with E-state index < -0.39 is 12.2 Å². The van der Waals surface area contributed by atoms with Crippen LogP contribution in [-0.2, 0) is 11.3 Å². The van der Waals surface area contributed by atoms with Gasteiger partial charge in [0.05, 0.1) is 6.10 Å². The first kappa shape index (κ1) is 15.2. The number of aliphatic hydroxyl groups is 1. The van der Waals surface area contributed by atoms with Crippen LogP contribution >= 0.6 is 0 Å². The second kappa shape index (κ2) is 9.16. The lowest BCUT2D eigenvalue weighted by Gasteiger charge is -2.10. The predicted molar refractivity (Wildman–Crippen MR) is 74.7 cm³/mol. The molecule has 2 N–H and O–H groups in total. The molecule has 0 saturated heterocycles. The van der Waals surface area contributed by atoms with Gasteiger partial charge in [-0.2, -0.15) is 0 Å². The Morgan fingerprint density at radius 2 is 2.11 bits per heavy atom. The topological polar surface area (TPSA) is 58.6 Å². The van der Waals surface area contributed by atoms with Crippen molar-refractivity contribution >= 4 is 6.09 Å². The lowest BCUT2D eigenvalue weighted by Crippen LogP contribution is -2.32. The van der Waals surface area contributed by atoms with Gasteiger partial charge in [0.1, 0.15) is 6.61 Å². The number of aliphatic hydroxyl groups excluding tert-OH is 1. The van der Waals surface area contributed by atoms with E-state index in [0.29, 0.717) is 6.42 Å². The van der Waals surface area contributed by atoms with E-state index in [0.717, 1.165) is 12.0 Å².